The fourth-order valence-electron chi connectivity index (χ4n) is 3.42. The molecule has 0 spiro atoms. The lowest BCUT2D eigenvalue weighted by Gasteiger charge is -2.48. The van der Waals surface area contributed by atoms with Crippen LogP contribution in [0, 0.1) is 0 Å². The first-order valence-electron chi connectivity index (χ1n) is 7.96. The second kappa shape index (κ2) is 6.68. The summed E-state index contributed by atoms with van der Waals surface area (Å²) in [5, 5.41) is 11.9. The number of aromatic nitrogens is 3. The fraction of sp³-hybridized carbons (Fsp3) is 0.867. The van der Waals surface area contributed by atoms with Crippen molar-refractivity contribution in [3.63, 3.8) is 0 Å². The maximum absolute atomic E-state index is 4.12. The summed E-state index contributed by atoms with van der Waals surface area (Å²) in [6.07, 6.45) is 7.03. The molecule has 1 aromatic rings. The third-order valence-corrected chi connectivity index (χ3v) is 4.87. The predicted octanol–water partition coefficient (Wildman–Crippen LogP) is 2.12. The molecular weight excluding hydrogens is 250 g/mol. The van der Waals surface area contributed by atoms with Gasteiger partial charge in [0.15, 0.2) is 0 Å². The smallest absolute Gasteiger partial charge is 0.0772 e. The molecule has 0 radical (unpaired) electrons. The van der Waals surface area contributed by atoms with Gasteiger partial charge >= 0.3 is 0 Å². The number of hydrogen-bond acceptors (Lipinski definition) is 4. The maximum Gasteiger partial charge on any atom is 0.0772 e. The summed E-state index contributed by atoms with van der Waals surface area (Å²) in [7, 11) is 1.99. The van der Waals surface area contributed by atoms with Crippen molar-refractivity contribution in [2.45, 2.75) is 58.0 Å². The molecule has 114 valence electrons. The van der Waals surface area contributed by atoms with Gasteiger partial charge in [0.2, 0.25) is 0 Å². The van der Waals surface area contributed by atoms with Gasteiger partial charge in [0.1, 0.15) is 0 Å². The average Bonchev–Trinajstić information content (AvgIpc) is 2.91. The van der Waals surface area contributed by atoms with E-state index in [0.29, 0.717) is 0 Å². The van der Waals surface area contributed by atoms with Gasteiger partial charge in [-0.05, 0) is 45.8 Å². The zero-order valence-corrected chi connectivity index (χ0v) is 13.4. The van der Waals surface area contributed by atoms with Crippen LogP contribution in [-0.4, -0.2) is 45.1 Å². The average molecular weight is 279 g/mol. The highest BCUT2D eigenvalue weighted by Crippen LogP contribution is 2.35. The highest BCUT2D eigenvalue weighted by molar-refractivity contribution is 5.12. The number of nitrogens with one attached hydrogen (secondary N) is 1. The van der Waals surface area contributed by atoms with Crippen molar-refractivity contribution in [2.75, 3.05) is 19.6 Å². The van der Waals surface area contributed by atoms with Crippen molar-refractivity contribution in [3.05, 3.63) is 11.9 Å². The summed E-state index contributed by atoms with van der Waals surface area (Å²) in [4.78, 5) is 2.66. The van der Waals surface area contributed by atoms with E-state index in [1.807, 2.05) is 17.9 Å². The van der Waals surface area contributed by atoms with Gasteiger partial charge in [-0.2, -0.15) is 0 Å². The van der Waals surface area contributed by atoms with Gasteiger partial charge in [-0.15, -0.1) is 5.10 Å². The third kappa shape index (κ3) is 2.88. The molecule has 0 bridgehead atoms. The predicted molar refractivity (Wildman–Crippen MR) is 81.5 cm³/mol. The van der Waals surface area contributed by atoms with Crippen LogP contribution in [0.15, 0.2) is 6.20 Å². The molecule has 5 heteroatoms. The van der Waals surface area contributed by atoms with E-state index < -0.39 is 0 Å². The molecule has 1 N–H and O–H groups in total. The molecule has 2 atom stereocenters. The topological polar surface area (TPSA) is 46.0 Å². The Bertz CT molecular complexity index is 410. The minimum Gasteiger partial charge on any atom is -0.307 e. The summed E-state index contributed by atoms with van der Waals surface area (Å²) in [5.74, 6) is 0. The van der Waals surface area contributed by atoms with Crippen LogP contribution in [0.25, 0.3) is 0 Å². The number of nitrogens with zero attached hydrogens (tertiary/aromatic N) is 4. The van der Waals surface area contributed by atoms with Gasteiger partial charge in [-0.3, -0.25) is 9.58 Å². The Morgan fingerprint density at radius 3 is 2.50 bits per heavy atom. The van der Waals surface area contributed by atoms with Crippen LogP contribution in [0.4, 0.5) is 0 Å². The third-order valence-electron chi connectivity index (χ3n) is 4.87. The van der Waals surface area contributed by atoms with Crippen molar-refractivity contribution in [3.8, 4) is 0 Å². The molecule has 1 aliphatic rings. The number of likely N-dealkylation sites (tertiary alicyclic amines) is 1. The molecule has 0 aliphatic carbocycles. The van der Waals surface area contributed by atoms with E-state index >= 15 is 0 Å². The number of rotatable bonds is 6. The Morgan fingerprint density at radius 2 is 2.00 bits per heavy atom. The van der Waals surface area contributed by atoms with Crippen LogP contribution in [0.1, 0.15) is 58.2 Å². The minimum atomic E-state index is 0.117. The molecule has 5 nitrogen and oxygen atoms in total. The first-order chi connectivity index (χ1) is 9.63. The van der Waals surface area contributed by atoms with E-state index in [2.05, 4.69) is 41.3 Å². The molecule has 1 saturated heterocycles. The summed E-state index contributed by atoms with van der Waals surface area (Å²) in [6.45, 7) is 10.2. The molecule has 1 aliphatic heterocycles. The maximum atomic E-state index is 4.12. The number of hydrogen-bond donors (Lipinski definition) is 1. The first-order valence-corrected chi connectivity index (χ1v) is 7.96. The highest BCUT2D eigenvalue weighted by Gasteiger charge is 2.40. The minimum absolute atomic E-state index is 0.117. The largest absolute Gasteiger partial charge is 0.307 e. The van der Waals surface area contributed by atoms with E-state index in [9.17, 15) is 0 Å². The van der Waals surface area contributed by atoms with E-state index in [-0.39, 0.29) is 11.6 Å². The van der Waals surface area contributed by atoms with Crippen LogP contribution in [0.3, 0.4) is 0 Å². The summed E-state index contributed by atoms with van der Waals surface area (Å²) in [6, 6.07) is 0.274. The Morgan fingerprint density at radius 1 is 1.30 bits per heavy atom. The zero-order valence-electron chi connectivity index (χ0n) is 13.4. The Hall–Kier alpha value is -0.940. The van der Waals surface area contributed by atoms with Gasteiger partial charge in [0.05, 0.1) is 17.9 Å². The van der Waals surface area contributed by atoms with E-state index in [1.165, 1.54) is 38.0 Å². The Balaban J connectivity index is 2.30. The number of aryl methyl sites for hydroxylation is 1. The standard InChI is InChI=1S/C15H29N5/c1-5-15(3,20-10-8-7-9-11-20)14(16-6-2)13-12-17-18-19(13)4/h12,14,16H,5-11H2,1-4H3. The molecule has 2 rings (SSSR count). The van der Waals surface area contributed by atoms with Gasteiger partial charge in [-0.1, -0.05) is 25.5 Å². The molecule has 2 unspecified atom stereocenters. The summed E-state index contributed by atoms with van der Waals surface area (Å²) in [5.41, 5.74) is 1.30. The van der Waals surface area contributed by atoms with Crippen LogP contribution in [0.2, 0.25) is 0 Å². The molecule has 0 amide bonds. The van der Waals surface area contributed by atoms with Crippen molar-refractivity contribution < 1.29 is 0 Å². The normalized spacial score (nSPS) is 21.6. The molecule has 0 saturated carbocycles. The van der Waals surface area contributed by atoms with Crippen molar-refractivity contribution in [1.29, 1.82) is 0 Å². The number of piperidine rings is 1. The molecule has 0 aromatic carbocycles. The molecule has 1 aromatic heterocycles. The fourth-order valence-corrected chi connectivity index (χ4v) is 3.42. The van der Waals surface area contributed by atoms with Gasteiger partial charge < -0.3 is 5.32 Å². The van der Waals surface area contributed by atoms with Gasteiger partial charge in [-0.25, -0.2) is 0 Å². The molecule has 20 heavy (non-hydrogen) atoms. The van der Waals surface area contributed by atoms with Crippen molar-refractivity contribution >= 4 is 0 Å². The van der Waals surface area contributed by atoms with Crippen molar-refractivity contribution in [2.24, 2.45) is 7.05 Å². The van der Waals surface area contributed by atoms with Crippen molar-refractivity contribution in [1.82, 2.24) is 25.2 Å². The lowest BCUT2D eigenvalue weighted by Crippen LogP contribution is -2.56. The van der Waals surface area contributed by atoms with E-state index in [4.69, 9.17) is 0 Å². The SMILES string of the molecule is CCNC(c1cnnn1C)C(C)(CC)N1CCCCC1. The molecule has 1 fully saturated rings. The van der Waals surface area contributed by atoms with E-state index in [1.54, 1.807) is 0 Å². The summed E-state index contributed by atoms with van der Waals surface area (Å²) < 4.78 is 1.91. The van der Waals surface area contributed by atoms with Crippen LogP contribution in [0.5, 0.6) is 0 Å². The van der Waals surface area contributed by atoms with Crippen LogP contribution >= 0.6 is 0 Å². The van der Waals surface area contributed by atoms with Gasteiger partial charge in [0.25, 0.3) is 0 Å². The van der Waals surface area contributed by atoms with E-state index in [0.717, 1.165) is 13.0 Å². The van der Waals surface area contributed by atoms with Crippen LogP contribution in [-0.2, 0) is 7.05 Å². The molecule has 2 heterocycles. The lowest BCUT2D eigenvalue weighted by atomic mass is 9.83. The second-order valence-corrected chi connectivity index (χ2v) is 6.03. The Kier molecular flexibility index (Phi) is 5.16. The first kappa shape index (κ1) is 15.4. The second-order valence-electron chi connectivity index (χ2n) is 6.03. The summed E-state index contributed by atoms with van der Waals surface area (Å²) >= 11 is 0. The quantitative estimate of drug-likeness (QED) is 0.866. The Labute approximate surface area is 122 Å². The monoisotopic (exact) mass is 279 g/mol. The zero-order chi connectivity index (χ0) is 14.6. The van der Waals surface area contributed by atoms with Gasteiger partial charge in [0, 0.05) is 12.6 Å². The van der Waals surface area contributed by atoms with Crippen LogP contribution < -0.4 is 5.32 Å². The lowest BCUT2D eigenvalue weighted by molar-refractivity contribution is 0.0405. The highest BCUT2D eigenvalue weighted by atomic mass is 15.4. The molecular formula is C15H29N5. The number of likely N-dealkylation sites (N-methyl/N-ethyl adjacent to an activating group) is 1.